The first-order chi connectivity index (χ1) is 23.1. The number of aromatic nitrogens is 1. The van der Waals surface area contributed by atoms with Crippen molar-refractivity contribution in [2.24, 2.45) is 5.73 Å². The molecule has 0 radical (unpaired) electrons. The van der Waals surface area contributed by atoms with Gasteiger partial charge in [0, 0.05) is 33.8 Å². The van der Waals surface area contributed by atoms with Crippen LogP contribution in [0, 0.1) is 5.41 Å². The minimum atomic E-state index is -0.00774. The van der Waals surface area contributed by atoms with Crippen LogP contribution in [0.4, 0.5) is 0 Å². The van der Waals surface area contributed by atoms with Gasteiger partial charge in [0.25, 0.3) is 0 Å². The van der Waals surface area contributed by atoms with Gasteiger partial charge >= 0.3 is 0 Å². The third kappa shape index (κ3) is 5.62. The Kier molecular flexibility index (Phi) is 7.99. The molecule has 4 N–H and O–H groups in total. The zero-order valence-electron chi connectivity index (χ0n) is 26.3. The number of nitrogens with two attached hydrogens (primary N) is 1. The lowest BCUT2D eigenvalue weighted by molar-refractivity contribution is 0.715. The number of rotatable bonds is 8. The highest BCUT2D eigenvalue weighted by molar-refractivity contribution is 6.19. The molecule has 1 aliphatic heterocycles. The van der Waals surface area contributed by atoms with Gasteiger partial charge in [0.1, 0.15) is 0 Å². The molecule has 2 heterocycles. The summed E-state index contributed by atoms with van der Waals surface area (Å²) in [4.78, 5) is 0. The summed E-state index contributed by atoms with van der Waals surface area (Å²) in [7, 11) is 0. The Labute approximate surface area is 275 Å². The molecule has 4 heteroatoms. The number of benzene rings is 5. The SMILES string of the molecule is C=C(/C=C\C=N)C1=CC=CC(c2ccc3c4ccc5cc(-c6cccc(/C(C)=C/C=C\N)c6)ccc5c4n(-c4ccccc4)c3c2)N1. The van der Waals surface area contributed by atoms with Gasteiger partial charge < -0.3 is 21.0 Å². The first kappa shape index (κ1) is 29.6. The zero-order valence-corrected chi connectivity index (χ0v) is 26.3. The quantitative estimate of drug-likeness (QED) is 0.119. The third-order valence-electron chi connectivity index (χ3n) is 8.87. The minimum absolute atomic E-state index is 0.00774. The van der Waals surface area contributed by atoms with Crippen molar-refractivity contribution in [2.45, 2.75) is 13.0 Å². The highest BCUT2D eigenvalue weighted by Crippen LogP contribution is 2.39. The van der Waals surface area contributed by atoms with Crippen LogP contribution in [-0.2, 0) is 0 Å². The summed E-state index contributed by atoms with van der Waals surface area (Å²) in [5, 5.41) is 15.8. The van der Waals surface area contributed by atoms with Crippen molar-refractivity contribution in [3.8, 4) is 16.8 Å². The second-order valence-electron chi connectivity index (χ2n) is 11.8. The van der Waals surface area contributed by atoms with Crippen molar-refractivity contribution in [3.63, 3.8) is 0 Å². The fourth-order valence-electron chi connectivity index (χ4n) is 6.49. The Balaban J connectivity index is 1.36. The molecule has 0 saturated carbocycles. The molecule has 7 rings (SSSR count). The topological polar surface area (TPSA) is 66.8 Å². The van der Waals surface area contributed by atoms with E-state index in [0.29, 0.717) is 0 Å². The van der Waals surface area contributed by atoms with Crippen LogP contribution in [0.3, 0.4) is 0 Å². The van der Waals surface area contributed by atoms with E-state index in [1.807, 2.05) is 24.3 Å². The highest BCUT2D eigenvalue weighted by Gasteiger charge is 2.19. The van der Waals surface area contributed by atoms with Gasteiger partial charge in [0.2, 0.25) is 0 Å². The molecule has 1 atom stereocenters. The summed E-state index contributed by atoms with van der Waals surface area (Å²) in [6.45, 7) is 6.29. The number of para-hydroxylation sites is 1. The van der Waals surface area contributed by atoms with E-state index < -0.39 is 0 Å². The van der Waals surface area contributed by atoms with Crippen LogP contribution in [0.15, 0.2) is 170 Å². The Morgan fingerprint density at radius 2 is 1.66 bits per heavy atom. The molecular formula is C43H36N4. The summed E-state index contributed by atoms with van der Waals surface area (Å²) in [6.07, 6.45) is 16.5. The molecule has 47 heavy (non-hydrogen) atoms. The molecule has 1 aromatic heterocycles. The molecule has 0 bridgehead atoms. The molecular weight excluding hydrogens is 573 g/mol. The number of hydrogen-bond donors (Lipinski definition) is 3. The predicted molar refractivity (Wildman–Crippen MR) is 201 cm³/mol. The lowest BCUT2D eigenvalue weighted by Crippen LogP contribution is -2.22. The maximum absolute atomic E-state index is 7.32. The van der Waals surface area contributed by atoms with E-state index in [-0.39, 0.29) is 6.04 Å². The van der Waals surface area contributed by atoms with E-state index in [0.717, 1.165) is 22.5 Å². The second kappa shape index (κ2) is 12.7. The number of fused-ring (bicyclic) bond motifs is 5. The van der Waals surface area contributed by atoms with Gasteiger partial charge in [-0.2, -0.15) is 0 Å². The Morgan fingerprint density at radius 3 is 2.49 bits per heavy atom. The molecule has 0 spiro atoms. The lowest BCUT2D eigenvalue weighted by atomic mass is 9.96. The molecule has 0 amide bonds. The molecule has 0 fully saturated rings. The Hall–Kier alpha value is -6.13. The van der Waals surface area contributed by atoms with Crippen molar-refractivity contribution in [1.82, 2.24) is 9.88 Å². The Morgan fingerprint density at radius 1 is 0.851 bits per heavy atom. The molecule has 0 aliphatic carbocycles. The van der Waals surface area contributed by atoms with Crippen LogP contribution in [0.25, 0.3) is 55.0 Å². The summed E-state index contributed by atoms with van der Waals surface area (Å²) in [6, 6.07) is 37.4. The van der Waals surface area contributed by atoms with E-state index in [1.165, 1.54) is 61.1 Å². The van der Waals surface area contributed by atoms with E-state index in [1.54, 1.807) is 12.3 Å². The summed E-state index contributed by atoms with van der Waals surface area (Å²) >= 11 is 0. The van der Waals surface area contributed by atoms with Crippen LogP contribution in [0.2, 0.25) is 0 Å². The number of nitrogens with zero attached hydrogens (tertiary/aromatic N) is 1. The predicted octanol–water partition coefficient (Wildman–Crippen LogP) is 10.3. The summed E-state index contributed by atoms with van der Waals surface area (Å²) < 4.78 is 2.41. The van der Waals surface area contributed by atoms with Crippen molar-refractivity contribution in [2.75, 3.05) is 0 Å². The fourth-order valence-corrected chi connectivity index (χ4v) is 6.49. The third-order valence-corrected chi connectivity index (χ3v) is 8.87. The van der Waals surface area contributed by atoms with Crippen LogP contribution >= 0.6 is 0 Å². The van der Waals surface area contributed by atoms with E-state index >= 15 is 0 Å². The maximum atomic E-state index is 7.32. The van der Waals surface area contributed by atoms with Gasteiger partial charge in [-0.25, -0.2) is 0 Å². The van der Waals surface area contributed by atoms with Gasteiger partial charge in [-0.15, -0.1) is 0 Å². The molecule has 6 aromatic rings. The molecule has 0 saturated heterocycles. The van der Waals surface area contributed by atoms with Crippen molar-refractivity contribution < 1.29 is 0 Å². The fraction of sp³-hybridized carbons (Fsp3) is 0.0465. The van der Waals surface area contributed by atoms with Crippen LogP contribution in [0.5, 0.6) is 0 Å². The molecule has 5 aromatic carbocycles. The average Bonchev–Trinajstić information content (AvgIpc) is 3.47. The molecule has 1 aliphatic rings. The van der Waals surface area contributed by atoms with E-state index in [2.05, 4.69) is 139 Å². The minimum Gasteiger partial charge on any atom is -0.405 e. The van der Waals surface area contributed by atoms with Crippen LogP contribution in [-0.4, -0.2) is 10.8 Å². The standard InChI is InChI=1S/C43H36N4/c1-29(10-8-24-44)31-12-6-13-32(26-31)33-18-21-37-34(27-33)19-23-39-38-22-20-35(41-17-7-16-40(46-41)30(2)11-9-25-45)28-42(38)47(43(37)39)36-14-4-3-5-15-36/h3-28,41,45-46H,2,44H2,1H3/b11-9-,24-8-,29-10+,45-25?. The zero-order chi connectivity index (χ0) is 32.3. The maximum Gasteiger partial charge on any atom is 0.0702 e. The molecule has 4 nitrogen and oxygen atoms in total. The van der Waals surface area contributed by atoms with Crippen molar-refractivity contribution in [1.29, 1.82) is 5.41 Å². The number of dihydropyridines is 1. The molecule has 228 valence electrons. The Bertz CT molecular complexity index is 2330. The first-order valence-corrected chi connectivity index (χ1v) is 15.8. The number of nitrogens with one attached hydrogen (secondary N) is 2. The van der Waals surface area contributed by atoms with E-state index in [9.17, 15) is 0 Å². The van der Waals surface area contributed by atoms with Crippen LogP contribution in [0.1, 0.15) is 24.1 Å². The van der Waals surface area contributed by atoms with Crippen LogP contribution < -0.4 is 11.1 Å². The highest BCUT2D eigenvalue weighted by atomic mass is 15.0. The van der Waals surface area contributed by atoms with Gasteiger partial charge in [-0.3, -0.25) is 0 Å². The second-order valence-corrected chi connectivity index (χ2v) is 11.8. The smallest absolute Gasteiger partial charge is 0.0702 e. The monoisotopic (exact) mass is 608 g/mol. The van der Waals surface area contributed by atoms with Gasteiger partial charge in [0.05, 0.1) is 17.1 Å². The lowest BCUT2D eigenvalue weighted by Gasteiger charge is -2.23. The summed E-state index contributed by atoms with van der Waals surface area (Å²) in [5.41, 5.74) is 16.7. The average molecular weight is 609 g/mol. The first-order valence-electron chi connectivity index (χ1n) is 15.8. The van der Waals surface area contributed by atoms with Crippen molar-refractivity contribution >= 4 is 44.4 Å². The largest absolute Gasteiger partial charge is 0.405 e. The number of hydrogen-bond acceptors (Lipinski definition) is 3. The summed E-state index contributed by atoms with van der Waals surface area (Å²) in [5.74, 6) is 0. The van der Waals surface area contributed by atoms with Gasteiger partial charge in [-0.1, -0.05) is 104 Å². The van der Waals surface area contributed by atoms with Gasteiger partial charge in [-0.05, 0) is 100 Å². The normalized spacial score (nSPS) is 15.1. The van der Waals surface area contributed by atoms with E-state index in [4.69, 9.17) is 11.1 Å². The van der Waals surface area contributed by atoms with Crippen molar-refractivity contribution in [3.05, 3.63) is 181 Å². The number of allylic oxidation sites excluding steroid dienone is 7. The van der Waals surface area contributed by atoms with Gasteiger partial charge in [0.15, 0.2) is 0 Å². The molecule has 1 unspecified atom stereocenters.